The van der Waals surface area contributed by atoms with Gasteiger partial charge in [-0.15, -0.1) is 0 Å². The molecule has 4 rings (SSSR count). The maximum absolute atomic E-state index is 13.2. The van der Waals surface area contributed by atoms with Crippen LogP contribution in [0.3, 0.4) is 0 Å². The number of amides is 1. The van der Waals surface area contributed by atoms with Crippen LogP contribution in [0.5, 0.6) is 5.75 Å². The molecule has 2 aliphatic heterocycles. The number of para-hydroxylation sites is 2. The topological polar surface area (TPSA) is 50.8 Å². The van der Waals surface area contributed by atoms with E-state index in [1.807, 2.05) is 53.4 Å². The highest BCUT2D eigenvalue weighted by atomic mass is 16.5. The molecule has 0 saturated carbocycles. The predicted molar refractivity (Wildman–Crippen MR) is 95.8 cm³/mol. The Morgan fingerprint density at radius 2 is 2.00 bits per heavy atom. The van der Waals surface area contributed by atoms with Crippen LogP contribution >= 0.6 is 0 Å². The maximum Gasteiger partial charge on any atom is 0.257 e. The zero-order chi connectivity index (χ0) is 17.2. The number of carbonyl (C=O) groups excluding carboxylic acids is 1. The first kappa shape index (κ1) is 16.0. The van der Waals surface area contributed by atoms with E-state index in [0.717, 1.165) is 36.4 Å². The molecule has 1 N–H and O–H groups in total. The number of benzene rings is 2. The quantitative estimate of drug-likeness (QED) is 0.928. The second kappa shape index (κ2) is 6.76. The van der Waals surface area contributed by atoms with Gasteiger partial charge in [0, 0.05) is 24.4 Å². The second-order valence-electron chi connectivity index (χ2n) is 6.43. The number of carbonyl (C=O) groups is 1. The van der Waals surface area contributed by atoms with Crippen LogP contribution in [0.4, 0.5) is 5.69 Å². The molecule has 0 spiro atoms. The molecule has 2 aromatic carbocycles. The van der Waals surface area contributed by atoms with Crippen molar-refractivity contribution in [1.82, 2.24) is 4.90 Å². The Morgan fingerprint density at radius 1 is 1.20 bits per heavy atom. The van der Waals surface area contributed by atoms with Crippen molar-refractivity contribution < 1.29 is 14.3 Å². The van der Waals surface area contributed by atoms with E-state index < -0.39 is 0 Å². The summed E-state index contributed by atoms with van der Waals surface area (Å²) in [5, 5.41) is 3.51. The number of hydrogen-bond acceptors (Lipinski definition) is 4. The van der Waals surface area contributed by atoms with E-state index in [4.69, 9.17) is 9.47 Å². The number of hydrogen-bond donors (Lipinski definition) is 1. The first-order chi connectivity index (χ1) is 12.3. The molecule has 0 aliphatic carbocycles. The molecule has 2 heterocycles. The smallest absolute Gasteiger partial charge is 0.257 e. The van der Waals surface area contributed by atoms with Crippen molar-refractivity contribution >= 4 is 11.6 Å². The summed E-state index contributed by atoms with van der Waals surface area (Å²) >= 11 is 0. The monoisotopic (exact) mass is 338 g/mol. The first-order valence-corrected chi connectivity index (χ1v) is 8.69. The predicted octanol–water partition coefficient (Wildman–Crippen LogP) is 3.44. The van der Waals surface area contributed by atoms with Gasteiger partial charge in [0.15, 0.2) is 0 Å². The molecule has 25 heavy (non-hydrogen) atoms. The Hall–Kier alpha value is -2.53. The van der Waals surface area contributed by atoms with E-state index in [9.17, 15) is 4.79 Å². The third kappa shape index (κ3) is 2.96. The Labute approximate surface area is 147 Å². The van der Waals surface area contributed by atoms with E-state index in [2.05, 4.69) is 5.32 Å². The lowest BCUT2D eigenvalue weighted by atomic mass is 10.0. The van der Waals surface area contributed by atoms with Crippen LogP contribution in [0, 0.1) is 0 Å². The number of fused-ring (bicyclic) bond motifs is 1. The van der Waals surface area contributed by atoms with Crippen molar-refractivity contribution in [2.24, 2.45) is 0 Å². The van der Waals surface area contributed by atoms with Gasteiger partial charge in [-0.05, 0) is 31.0 Å². The van der Waals surface area contributed by atoms with Crippen molar-refractivity contribution in [3.05, 3.63) is 59.7 Å². The molecule has 5 heteroatoms. The van der Waals surface area contributed by atoms with Gasteiger partial charge in [0.25, 0.3) is 5.91 Å². The molecule has 0 radical (unpaired) electrons. The summed E-state index contributed by atoms with van der Waals surface area (Å²) in [6.45, 7) is 1.35. The number of nitrogens with zero attached hydrogens (tertiary/aromatic N) is 1. The summed E-state index contributed by atoms with van der Waals surface area (Å²) in [4.78, 5) is 15.0. The summed E-state index contributed by atoms with van der Waals surface area (Å²) < 4.78 is 11.3. The minimum atomic E-state index is -0.275. The van der Waals surface area contributed by atoms with E-state index in [1.54, 1.807) is 7.11 Å². The lowest BCUT2D eigenvalue weighted by Crippen LogP contribution is -2.46. The minimum absolute atomic E-state index is 0.0285. The van der Waals surface area contributed by atoms with Gasteiger partial charge in [-0.1, -0.05) is 30.3 Å². The fourth-order valence-electron chi connectivity index (χ4n) is 3.63. The maximum atomic E-state index is 13.2. The third-order valence-corrected chi connectivity index (χ3v) is 4.88. The molecule has 0 unspecified atom stereocenters. The first-order valence-electron chi connectivity index (χ1n) is 8.69. The molecule has 1 fully saturated rings. The number of rotatable bonds is 4. The molecule has 5 nitrogen and oxygen atoms in total. The number of anilines is 1. The standard InChI is InChI=1S/C20H22N2O3/c1-24-18-11-5-3-9-16(18)19-21-17-10-4-2-8-15(17)20(23)22(19)13-14-7-6-12-25-14/h2-5,8-11,14,19,21H,6-7,12-13H2,1H3/t14-,19+/m1/s1. The minimum Gasteiger partial charge on any atom is -0.496 e. The van der Waals surface area contributed by atoms with E-state index in [-0.39, 0.29) is 18.2 Å². The number of methoxy groups -OCH3 is 1. The summed E-state index contributed by atoms with van der Waals surface area (Å²) in [6, 6.07) is 15.5. The normalized spacial score (nSPS) is 22.4. The second-order valence-corrected chi connectivity index (χ2v) is 6.43. The van der Waals surface area contributed by atoms with E-state index in [0.29, 0.717) is 12.1 Å². The molecule has 0 bridgehead atoms. The number of nitrogens with one attached hydrogen (secondary N) is 1. The van der Waals surface area contributed by atoms with Gasteiger partial charge in [-0.3, -0.25) is 4.79 Å². The lowest BCUT2D eigenvalue weighted by Gasteiger charge is -2.39. The van der Waals surface area contributed by atoms with E-state index in [1.165, 1.54) is 0 Å². The highest BCUT2D eigenvalue weighted by Crippen LogP contribution is 2.37. The Bertz CT molecular complexity index is 771. The van der Waals surface area contributed by atoms with E-state index >= 15 is 0 Å². The molecule has 2 aromatic rings. The van der Waals surface area contributed by atoms with Crippen LogP contribution in [0.2, 0.25) is 0 Å². The molecule has 0 aromatic heterocycles. The van der Waals surface area contributed by atoms with Crippen LogP contribution in [-0.2, 0) is 4.74 Å². The average Bonchev–Trinajstić information content (AvgIpc) is 3.17. The fraction of sp³-hybridized carbons (Fsp3) is 0.350. The zero-order valence-corrected chi connectivity index (χ0v) is 14.3. The van der Waals surface area contributed by atoms with Crippen LogP contribution in [0.1, 0.15) is 34.9 Å². The van der Waals surface area contributed by atoms with Crippen molar-refractivity contribution in [1.29, 1.82) is 0 Å². The molecule has 2 aliphatic rings. The summed E-state index contributed by atoms with van der Waals surface area (Å²) in [5.74, 6) is 0.797. The largest absolute Gasteiger partial charge is 0.496 e. The molecule has 1 saturated heterocycles. The highest BCUT2D eigenvalue weighted by Gasteiger charge is 2.36. The average molecular weight is 338 g/mol. The molecular formula is C20H22N2O3. The van der Waals surface area contributed by atoms with Gasteiger partial charge in [0.2, 0.25) is 0 Å². The Kier molecular flexibility index (Phi) is 4.32. The van der Waals surface area contributed by atoms with Gasteiger partial charge in [0.1, 0.15) is 11.9 Å². The van der Waals surface area contributed by atoms with Gasteiger partial charge in [-0.25, -0.2) is 0 Å². The highest BCUT2D eigenvalue weighted by molar-refractivity contribution is 6.01. The SMILES string of the molecule is COc1ccccc1[C@H]1Nc2ccccc2C(=O)N1C[C@H]1CCCO1. The summed E-state index contributed by atoms with van der Waals surface area (Å²) in [7, 11) is 1.65. The van der Waals surface area contributed by atoms with Gasteiger partial charge < -0.3 is 19.7 Å². The van der Waals surface area contributed by atoms with Crippen molar-refractivity contribution in [2.75, 3.05) is 25.6 Å². The molecule has 130 valence electrons. The fourth-order valence-corrected chi connectivity index (χ4v) is 3.63. The lowest BCUT2D eigenvalue weighted by molar-refractivity contribution is 0.0424. The van der Waals surface area contributed by atoms with Gasteiger partial charge in [0.05, 0.1) is 18.8 Å². The Morgan fingerprint density at radius 3 is 2.80 bits per heavy atom. The van der Waals surface area contributed by atoms with Crippen LogP contribution < -0.4 is 10.1 Å². The van der Waals surface area contributed by atoms with Crippen molar-refractivity contribution in [3.63, 3.8) is 0 Å². The van der Waals surface area contributed by atoms with Crippen LogP contribution in [0.15, 0.2) is 48.5 Å². The molecule has 2 atom stereocenters. The summed E-state index contributed by atoms with van der Waals surface area (Å²) in [6.07, 6.45) is 1.86. The zero-order valence-electron chi connectivity index (χ0n) is 14.3. The number of ether oxygens (including phenoxy) is 2. The third-order valence-electron chi connectivity index (χ3n) is 4.88. The van der Waals surface area contributed by atoms with Gasteiger partial charge in [-0.2, -0.15) is 0 Å². The molecular weight excluding hydrogens is 316 g/mol. The van der Waals surface area contributed by atoms with Crippen LogP contribution in [0.25, 0.3) is 0 Å². The summed E-state index contributed by atoms with van der Waals surface area (Å²) in [5.41, 5.74) is 2.50. The Balaban J connectivity index is 1.74. The van der Waals surface area contributed by atoms with Crippen LogP contribution in [-0.4, -0.2) is 37.2 Å². The van der Waals surface area contributed by atoms with Crippen molar-refractivity contribution in [2.45, 2.75) is 25.1 Å². The molecule has 1 amide bonds. The van der Waals surface area contributed by atoms with Gasteiger partial charge >= 0.3 is 0 Å². The van der Waals surface area contributed by atoms with Crippen molar-refractivity contribution in [3.8, 4) is 5.75 Å².